The van der Waals surface area contributed by atoms with Crippen LogP contribution in [0.3, 0.4) is 0 Å². The molecule has 0 aromatic heterocycles. The van der Waals surface area contributed by atoms with Crippen molar-refractivity contribution in [1.29, 1.82) is 0 Å². The van der Waals surface area contributed by atoms with Crippen molar-refractivity contribution in [3.05, 3.63) is 0 Å². The Morgan fingerprint density at radius 2 is 2.33 bits per heavy atom. The van der Waals surface area contributed by atoms with Crippen molar-refractivity contribution in [1.82, 2.24) is 5.32 Å². The van der Waals surface area contributed by atoms with Gasteiger partial charge in [-0.15, -0.1) is 12.3 Å². The first-order chi connectivity index (χ1) is 5.81. The summed E-state index contributed by atoms with van der Waals surface area (Å²) in [5.74, 6) is 3.20. The van der Waals surface area contributed by atoms with Crippen molar-refractivity contribution in [3.63, 3.8) is 0 Å². The molecule has 12 heavy (non-hydrogen) atoms. The maximum absolute atomic E-state index is 5.12. The minimum atomic E-state index is 0.584. The van der Waals surface area contributed by atoms with Gasteiger partial charge in [0, 0.05) is 20.1 Å². The van der Waals surface area contributed by atoms with Gasteiger partial charge < -0.3 is 10.1 Å². The number of terminal acetylenes is 1. The molecular formula is C10H19NO. The Bertz CT molecular complexity index is 128. The molecule has 0 rings (SSSR count). The van der Waals surface area contributed by atoms with Crippen LogP contribution in [0.2, 0.25) is 0 Å². The molecule has 0 fully saturated rings. The first-order valence-corrected chi connectivity index (χ1v) is 4.44. The number of rotatable bonds is 7. The Morgan fingerprint density at radius 3 is 2.92 bits per heavy atom. The molecule has 0 aliphatic carbocycles. The lowest BCUT2D eigenvalue weighted by atomic mass is 10.2. The number of methoxy groups -OCH3 is 1. The summed E-state index contributed by atoms with van der Waals surface area (Å²) >= 11 is 0. The van der Waals surface area contributed by atoms with Gasteiger partial charge in [0.15, 0.2) is 0 Å². The van der Waals surface area contributed by atoms with Crippen LogP contribution < -0.4 is 5.32 Å². The summed E-state index contributed by atoms with van der Waals surface area (Å²) in [6, 6.07) is 0. The predicted octanol–water partition coefficient (Wildman–Crippen LogP) is 1.27. The molecule has 0 aliphatic rings. The van der Waals surface area contributed by atoms with Crippen LogP contribution in [0.5, 0.6) is 0 Å². The van der Waals surface area contributed by atoms with Gasteiger partial charge in [0.05, 0.1) is 0 Å². The van der Waals surface area contributed by atoms with E-state index in [-0.39, 0.29) is 0 Å². The lowest BCUT2D eigenvalue weighted by Gasteiger charge is -2.10. The van der Waals surface area contributed by atoms with Gasteiger partial charge in [-0.05, 0) is 25.4 Å². The van der Waals surface area contributed by atoms with E-state index in [1.54, 1.807) is 7.11 Å². The second-order valence-corrected chi connectivity index (χ2v) is 3.07. The molecule has 0 saturated carbocycles. The van der Waals surface area contributed by atoms with Gasteiger partial charge in [0.2, 0.25) is 0 Å². The SMILES string of the molecule is C#CCCCNCC(C)COC. The van der Waals surface area contributed by atoms with Gasteiger partial charge in [0.1, 0.15) is 0 Å². The molecule has 1 N–H and O–H groups in total. The van der Waals surface area contributed by atoms with Crippen molar-refractivity contribution in [3.8, 4) is 12.3 Å². The zero-order valence-corrected chi connectivity index (χ0v) is 8.10. The Labute approximate surface area is 75.7 Å². The molecule has 0 amide bonds. The molecule has 1 unspecified atom stereocenters. The lowest BCUT2D eigenvalue weighted by molar-refractivity contribution is 0.158. The second kappa shape index (κ2) is 8.58. The van der Waals surface area contributed by atoms with E-state index in [0.29, 0.717) is 5.92 Å². The molecule has 1 atom stereocenters. The Morgan fingerprint density at radius 1 is 1.58 bits per heavy atom. The Balaban J connectivity index is 3.04. The summed E-state index contributed by atoms with van der Waals surface area (Å²) in [5.41, 5.74) is 0. The van der Waals surface area contributed by atoms with Gasteiger partial charge in [-0.2, -0.15) is 0 Å². The van der Waals surface area contributed by atoms with Crippen molar-refractivity contribution in [2.24, 2.45) is 5.92 Å². The highest BCUT2D eigenvalue weighted by Gasteiger charge is 1.98. The van der Waals surface area contributed by atoms with Crippen LogP contribution in [0.25, 0.3) is 0 Å². The number of unbranched alkanes of at least 4 members (excludes halogenated alkanes) is 1. The van der Waals surface area contributed by atoms with Gasteiger partial charge in [-0.25, -0.2) is 0 Å². The fraction of sp³-hybridized carbons (Fsp3) is 0.800. The first-order valence-electron chi connectivity index (χ1n) is 4.44. The number of hydrogen-bond acceptors (Lipinski definition) is 2. The van der Waals surface area contributed by atoms with E-state index in [2.05, 4.69) is 18.2 Å². The molecule has 0 bridgehead atoms. The molecule has 2 nitrogen and oxygen atoms in total. The van der Waals surface area contributed by atoms with E-state index in [9.17, 15) is 0 Å². The average molecular weight is 169 g/mol. The molecule has 0 aromatic carbocycles. The second-order valence-electron chi connectivity index (χ2n) is 3.07. The van der Waals surface area contributed by atoms with Crippen LogP contribution in [0.4, 0.5) is 0 Å². The highest BCUT2D eigenvalue weighted by Crippen LogP contribution is 1.92. The van der Waals surface area contributed by atoms with Crippen LogP contribution in [0.1, 0.15) is 19.8 Å². The van der Waals surface area contributed by atoms with Crippen molar-refractivity contribution in [2.75, 3.05) is 26.8 Å². The summed E-state index contributed by atoms with van der Waals surface area (Å²) < 4.78 is 5.01. The van der Waals surface area contributed by atoms with Crippen molar-refractivity contribution < 1.29 is 4.74 Å². The fourth-order valence-corrected chi connectivity index (χ4v) is 1.01. The summed E-state index contributed by atoms with van der Waals surface area (Å²) in [6.07, 6.45) is 7.05. The van der Waals surface area contributed by atoms with Gasteiger partial charge in [-0.1, -0.05) is 6.92 Å². The summed E-state index contributed by atoms with van der Waals surface area (Å²) in [5, 5.41) is 3.33. The van der Waals surface area contributed by atoms with Gasteiger partial charge in [0.25, 0.3) is 0 Å². The largest absolute Gasteiger partial charge is 0.384 e. The standard InChI is InChI=1S/C10H19NO/c1-4-5-6-7-11-8-10(2)9-12-3/h1,10-11H,5-9H2,2-3H3. The van der Waals surface area contributed by atoms with E-state index in [1.165, 1.54) is 0 Å². The average Bonchev–Trinajstić information content (AvgIpc) is 2.05. The minimum absolute atomic E-state index is 0.584. The van der Waals surface area contributed by atoms with E-state index in [1.807, 2.05) is 0 Å². The molecule has 0 aromatic rings. The maximum atomic E-state index is 5.12. The normalized spacial score (nSPS) is 12.4. The van der Waals surface area contributed by atoms with E-state index in [4.69, 9.17) is 11.2 Å². The monoisotopic (exact) mass is 169 g/mol. The smallest absolute Gasteiger partial charge is 0.0499 e. The number of ether oxygens (including phenoxy) is 1. The molecule has 70 valence electrons. The van der Waals surface area contributed by atoms with E-state index in [0.717, 1.165) is 32.5 Å². The molecule has 0 heterocycles. The predicted molar refractivity (Wildman–Crippen MR) is 52.0 cm³/mol. The summed E-state index contributed by atoms with van der Waals surface area (Å²) in [7, 11) is 1.73. The van der Waals surface area contributed by atoms with Crippen LogP contribution in [0, 0.1) is 18.3 Å². The van der Waals surface area contributed by atoms with Gasteiger partial charge in [-0.3, -0.25) is 0 Å². The number of hydrogen-bond donors (Lipinski definition) is 1. The zero-order chi connectivity index (χ0) is 9.23. The summed E-state index contributed by atoms with van der Waals surface area (Å²) in [4.78, 5) is 0. The van der Waals surface area contributed by atoms with Crippen molar-refractivity contribution in [2.45, 2.75) is 19.8 Å². The molecule has 0 radical (unpaired) electrons. The van der Waals surface area contributed by atoms with E-state index < -0.39 is 0 Å². The maximum Gasteiger partial charge on any atom is 0.0499 e. The van der Waals surface area contributed by atoms with Gasteiger partial charge >= 0.3 is 0 Å². The van der Waals surface area contributed by atoms with Crippen LogP contribution in [0.15, 0.2) is 0 Å². The molecule has 0 saturated heterocycles. The quantitative estimate of drug-likeness (QED) is 0.458. The Hall–Kier alpha value is -0.520. The highest BCUT2D eigenvalue weighted by molar-refractivity contribution is 4.83. The van der Waals surface area contributed by atoms with Crippen LogP contribution in [-0.4, -0.2) is 26.8 Å². The van der Waals surface area contributed by atoms with Crippen LogP contribution in [-0.2, 0) is 4.74 Å². The molecule has 0 aliphatic heterocycles. The fourth-order valence-electron chi connectivity index (χ4n) is 1.01. The molecule has 2 heteroatoms. The minimum Gasteiger partial charge on any atom is -0.384 e. The Kier molecular flexibility index (Phi) is 8.20. The topological polar surface area (TPSA) is 21.3 Å². The zero-order valence-electron chi connectivity index (χ0n) is 8.10. The third-order valence-corrected chi connectivity index (χ3v) is 1.62. The first kappa shape index (κ1) is 11.5. The molecular weight excluding hydrogens is 150 g/mol. The van der Waals surface area contributed by atoms with Crippen LogP contribution >= 0.6 is 0 Å². The van der Waals surface area contributed by atoms with Crippen molar-refractivity contribution >= 4 is 0 Å². The highest BCUT2D eigenvalue weighted by atomic mass is 16.5. The third kappa shape index (κ3) is 7.59. The van der Waals surface area contributed by atoms with E-state index >= 15 is 0 Å². The number of nitrogens with one attached hydrogen (secondary N) is 1. The lowest BCUT2D eigenvalue weighted by Crippen LogP contribution is -2.24. The third-order valence-electron chi connectivity index (χ3n) is 1.62. The summed E-state index contributed by atoms with van der Waals surface area (Å²) in [6.45, 7) is 5.01. The molecule has 0 spiro atoms.